The first kappa shape index (κ1) is 14.6. The van der Waals surface area contributed by atoms with Gasteiger partial charge in [-0.2, -0.15) is 5.26 Å². The molecule has 0 unspecified atom stereocenters. The molecule has 0 atom stereocenters. The van der Waals surface area contributed by atoms with E-state index >= 15 is 0 Å². The molecule has 0 amide bonds. The lowest BCUT2D eigenvalue weighted by Gasteiger charge is -2.08. The first-order valence-corrected chi connectivity index (χ1v) is 6.64. The van der Waals surface area contributed by atoms with E-state index < -0.39 is 5.97 Å². The summed E-state index contributed by atoms with van der Waals surface area (Å²) in [6.07, 6.45) is 0.933. The molecule has 21 heavy (non-hydrogen) atoms. The molecule has 4 heteroatoms. The van der Waals surface area contributed by atoms with Gasteiger partial charge >= 0.3 is 5.97 Å². The van der Waals surface area contributed by atoms with Crippen LogP contribution in [-0.4, -0.2) is 12.6 Å². The standard InChI is InChI=1S/C17H15NO3/c1-2-13-7-9-15(10-8-13)21-17(19)12-20-16-6-4-3-5-14(16)11-18/h3-10H,2,12H2,1H3. The molecule has 0 aliphatic heterocycles. The lowest BCUT2D eigenvalue weighted by atomic mass is 10.2. The van der Waals surface area contributed by atoms with Crippen LogP contribution in [0.1, 0.15) is 18.1 Å². The highest BCUT2D eigenvalue weighted by Crippen LogP contribution is 2.17. The fourth-order valence-electron chi connectivity index (χ4n) is 1.78. The quantitative estimate of drug-likeness (QED) is 0.624. The van der Waals surface area contributed by atoms with Gasteiger partial charge in [-0.05, 0) is 36.2 Å². The maximum absolute atomic E-state index is 11.7. The number of hydrogen-bond acceptors (Lipinski definition) is 4. The van der Waals surface area contributed by atoms with Gasteiger partial charge in [0.25, 0.3) is 0 Å². The van der Waals surface area contributed by atoms with Gasteiger partial charge in [-0.25, -0.2) is 4.79 Å². The second kappa shape index (κ2) is 7.11. The van der Waals surface area contributed by atoms with E-state index in [-0.39, 0.29) is 6.61 Å². The molecule has 0 aliphatic rings. The average Bonchev–Trinajstić information content (AvgIpc) is 2.54. The van der Waals surface area contributed by atoms with Crippen LogP contribution in [0.15, 0.2) is 48.5 Å². The molecule has 0 bridgehead atoms. The Kier molecular flexibility index (Phi) is 4.94. The molecule has 0 aromatic heterocycles. The highest BCUT2D eigenvalue weighted by Gasteiger charge is 2.08. The summed E-state index contributed by atoms with van der Waals surface area (Å²) < 4.78 is 10.5. The fourth-order valence-corrected chi connectivity index (χ4v) is 1.78. The maximum atomic E-state index is 11.7. The summed E-state index contributed by atoms with van der Waals surface area (Å²) in [6, 6.07) is 16.1. The summed E-state index contributed by atoms with van der Waals surface area (Å²) in [5.74, 6) is 0.347. The lowest BCUT2D eigenvalue weighted by Crippen LogP contribution is -2.18. The Labute approximate surface area is 123 Å². The predicted octanol–water partition coefficient (Wildman–Crippen LogP) is 3.11. The number of carbonyl (C=O) groups is 1. The van der Waals surface area contributed by atoms with E-state index in [4.69, 9.17) is 14.7 Å². The van der Waals surface area contributed by atoms with Gasteiger partial charge < -0.3 is 9.47 Å². The molecule has 2 aromatic rings. The summed E-state index contributed by atoms with van der Waals surface area (Å²) in [6.45, 7) is 1.82. The van der Waals surface area contributed by atoms with Crippen LogP contribution in [0.3, 0.4) is 0 Å². The van der Waals surface area contributed by atoms with Gasteiger partial charge in [0.2, 0.25) is 0 Å². The summed E-state index contributed by atoms with van der Waals surface area (Å²) in [7, 11) is 0. The first-order chi connectivity index (χ1) is 10.2. The van der Waals surface area contributed by atoms with Crippen molar-refractivity contribution in [3.05, 3.63) is 59.7 Å². The van der Waals surface area contributed by atoms with Crippen molar-refractivity contribution >= 4 is 5.97 Å². The Bertz CT molecular complexity index is 656. The first-order valence-electron chi connectivity index (χ1n) is 6.64. The van der Waals surface area contributed by atoms with Gasteiger partial charge in [-0.1, -0.05) is 31.2 Å². The molecule has 0 saturated carbocycles. The molecule has 2 rings (SSSR count). The van der Waals surface area contributed by atoms with Gasteiger partial charge in [-0.15, -0.1) is 0 Å². The third-order valence-electron chi connectivity index (χ3n) is 2.92. The van der Waals surface area contributed by atoms with Crippen molar-refractivity contribution in [3.8, 4) is 17.6 Å². The number of nitriles is 1. The SMILES string of the molecule is CCc1ccc(OC(=O)COc2ccccc2C#N)cc1. The van der Waals surface area contributed by atoms with E-state index in [9.17, 15) is 4.79 Å². The molecular formula is C17H15NO3. The van der Waals surface area contributed by atoms with Crippen molar-refractivity contribution in [2.24, 2.45) is 0 Å². The molecule has 106 valence electrons. The van der Waals surface area contributed by atoms with Crippen LogP contribution in [-0.2, 0) is 11.2 Å². The minimum Gasteiger partial charge on any atom is -0.481 e. The Balaban J connectivity index is 1.91. The van der Waals surface area contributed by atoms with Crippen LogP contribution in [0.2, 0.25) is 0 Å². The van der Waals surface area contributed by atoms with Crippen molar-refractivity contribution in [1.82, 2.24) is 0 Å². The van der Waals surface area contributed by atoms with Crippen LogP contribution in [0.5, 0.6) is 11.5 Å². The molecule has 0 N–H and O–H groups in total. The Morgan fingerprint density at radius 2 is 1.86 bits per heavy atom. The third kappa shape index (κ3) is 4.08. The van der Waals surface area contributed by atoms with Crippen molar-refractivity contribution in [2.45, 2.75) is 13.3 Å². The Hall–Kier alpha value is -2.80. The van der Waals surface area contributed by atoms with E-state index in [0.717, 1.165) is 6.42 Å². The molecule has 4 nitrogen and oxygen atoms in total. The summed E-state index contributed by atoms with van der Waals surface area (Å²) in [5.41, 5.74) is 1.56. The van der Waals surface area contributed by atoms with Crippen molar-refractivity contribution in [2.75, 3.05) is 6.61 Å². The van der Waals surface area contributed by atoms with Crippen LogP contribution >= 0.6 is 0 Å². The second-order valence-corrected chi connectivity index (χ2v) is 4.37. The minimum absolute atomic E-state index is 0.242. The Morgan fingerprint density at radius 1 is 1.14 bits per heavy atom. The summed E-state index contributed by atoms with van der Waals surface area (Å²) in [5, 5.41) is 8.92. The summed E-state index contributed by atoms with van der Waals surface area (Å²) in [4.78, 5) is 11.7. The van der Waals surface area contributed by atoms with Gasteiger partial charge in [0.05, 0.1) is 5.56 Å². The van der Waals surface area contributed by atoms with E-state index in [1.807, 2.05) is 18.2 Å². The number of hydrogen-bond donors (Lipinski definition) is 0. The molecule has 0 saturated heterocycles. The minimum atomic E-state index is -0.507. The van der Waals surface area contributed by atoms with Crippen molar-refractivity contribution in [3.63, 3.8) is 0 Å². The molecule has 0 aliphatic carbocycles. The highest BCUT2D eigenvalue weighted by molar-refractivity contribution is 5.74. The van der Waals surface area contributed by atoms with Gasteiger partial charge in [0.1, 0.15) is 17.6 Å². The van der Waals surface area contributed by atoms with Crippen LogP contribution in [0.4, 0.5) is 0 Å². The molecule has 0 radical (unpaired) electrons. The zero-order chi connectivity index (χ0) is 15.1. The van der Waals surface area contributed by atoms with Gasteiger partial charge in [0, 0.05) is 0 Å². The number of aryl methyl sites for hydroxylation is 1. The molecule has 0 spiro atoms. The zero-order valence-electron chi connectivity index (χ0n) is 11.7. The van der Waals surface area contributed by atoms with Crippen molar-refractivity contribution < 1.29 is 14.3 Å². The van der Waals surface area contributed by atoms with Gasteiger partial charge in [-0.3, -0.25) is 0 Å². The fraction of sp³-hybridized carbons (Fsp3) is 0.176. The van der Waals surface area contributed by atoms with Crippen molar-refractivity contribution in [1.29, 1.82) is 5.26 Å². The number of carbonyl (C=O) groups excluding carboxylic acids is 1. The number of esters is 1. The monoisotopic (exact) mass is 281 g/mol. The van der Waals surface area contributed by atoms with Gasteiger partial charge in [0.15, 0.2) is 6.61 Å². The molecule has 2 aromatic carbocycles. The molecular weight excluding hydrogens is 266 g/mol. The maximum Gasteiger partial charge on any atom is 0.349 e. The Morgan fingerprint density at radius 3 is 2.52 bits per heavy atom. The number of para-hydroxylation sites is 1. The van der Waals surface area contributed by atoms with Crippen LogP contribution in [0.25, 0.3) is 0 Å². The second-order valence-electron chi connectivity index (χ2n) is 4.37. The normalized spacial score (nSPS) is 9.71. The lowest BCUT2D eigenvalue weighted by molar-refractivity contribution is -0.136. The number of nitrogens with zero attached hydrogens (tertiary/aromatic N) is 1. The topological polar surface area (TPSA) is 59.3 Å². The average molecular weight is 281 g/mol. The molecule has 0 heterocycles. The number of rotatable bonds is 5. The number of ether oxygens (including phenoxy) is 2. The van der Waals surface area contributed by atoms with E-state index in [1.165, 1.54) is 5.56 Å². The predicted molar refractivity (Wildman–Crippen MR) is 78.1 cm³/mol. The number of benzene rings is 2. The van der Waals surface area contributed by atoms with Crippen LogP contribution in [0, 0.1) is 11.3 Å². The largest absolute Gasteiger partial charge is 0.481 e. The van der Waals surface area contributed by atoms with E-state index in [0.29, 0.717) is 17.1 Å². The van der Waals surface area contributed by atoms with E-state index in [1.54, 1.807) is 36.4 Å². The molecule has 0 fully saturated rings. The van der Waals surface area contributed by atoms with E-state index in [2.05, 4.69) is 6.92 Å². The highest BCUT2D eigenvalue weighted by atomic mass is 16.6. The van der Waals surface area contributed by atoms with Crippen LogP contribution < -0.4 is 9.47 Å². The smallest absolute Gasteiger partial charge is 0.349 e. The summed E-state index contributed by atoms with van der Waals surface area (Å²) >= 11 is 0. The third-order valence-corrected chi connectivity index (χ3v) is 2.92. The zero-order valence-corrected chi connectivity index (χ0v) is 11.7.